The Morgan fingerprint density at radius 3 is 2.93 bits per heavy atom. The lowest BCUT2D eigenvalue weighted by Crippen LogP contribution is -2.29. The zero-order valence-electron chi connectivity index (χ0n) is 9.32. The highest BCUT2D eigenvalue weighted by Gasteiger charge is 2.30. The summed E-state index contributed by atoms with van der Waals surface area (Å²) in [5, 5.41) is 1.96. The third-order valence-corrected chi connectivity index (χ3v) is 3.83. The molecule has 2 nitrogen and oxygen atoms in total. The molecule has 1 aliphatic heterocycles. The molecule has 2 rings (SSSR count). The Morgan fingerprint density at radius 1 is 1.60 bits per heavy atom. The van der Waals surface area contributed by atoms with E-state index in [1.54, 1.807) is 0 Å². The highest BCUT2D eigenvalue weighted by atomic mass is 32.1. The summed E-state index contributed by atoms with van der Waals surface area (Å²) in [4.78, 5) is 15.0. The lowest BCUT2D eigenvalue weighted by Gasteiger charge is -2.18. The molecule has 0 aromatic carbocycles. The number of likely N-dealkylation sites (tertiary alicyclic amines) is 1. The Labute approximate surface area is 94.9 Å². The highest BCUT2D eigenvalue weighted by molar-refractivity contribution is 7.12. The Hall–Kier alpha value is -0.670. The molecule has 0 unspecified atom stereocenters. The van der Waals surface area contributed by atoms with E-state index in [1.807, 2.05) is 17.5 Å². The minimum atomic E-state index is 0.266. The van der Waals surface area contributed by atoms with E-state index in [1.165, 1.54) is 17.8 Å². The number of rotatable bonds is 3. The van der Waals surface area contributed by atoms with Crippen LogP contribution in [0.2, 0.25) is 0 Å². The van der Waals surface area contributed by atoms with Crippen LogP contribution in [-0.2, 0) is 0 Å². The van der Waals surface area contributed by atoms with E-state index in [9.17, 15) is 4.79 Å². The summed E-state index contributed by atoms with van der Waals surface area (Å²) in [5.74, 6) is 0.266. The Kier molecular flexibility index (Phi) is 2.94. The first-order chi connectivity index (χ1) is 7.07. The van der Waals surface area contributed by atoms with Crippen molar-refractivity contribution in [1.29, 1.82) is 0 Å². The molecule has 1 fully saturated rings. The quantitative estimate of drug-likeness (QED) is 0.734. The summed E-state index contributed by atoms with van der Waals surface area (Å²) >= 11 is 1.54. The Balaban J connectivity index is 1.91. The largest absolute Gasteiger partial charge is 0.295 e. The predicted molar refractivity (Wildman–Crippen MR) is 63.5 cm³/mol. The number of ketones is 1. The van der Waals surface area contributed by atoms with E-state index in [-0.39, 0.29) is 5.78 Å². The topological polar surface area (TPSA) is 20.3 Å². The van der Waals surface area contributed by atoms with Crippen molar-refractivity contribution >= 4 is 17.1 Å². The minimum Gasteiger partial charge on any atom is -0.295 e. The van der Waals surface area contributed by atoms with E-state index >= 15 is 0 Å². The molecular weight excluding hydrogens is 206 g/mol. The van der Waals surface area contributed by atoms with Crippen molar-refractivity contribution in [1.82, 2.24) is 4.90 Å². The first kappa shape index (κ1) is 10.8. The van der Waals surface area contributed by atoms with Gasteiger partial charge in [-0.05, 0) is 29.8 Å². The number of hydrogen-bond acceptors (Lipinski definition) is 3. The fourth-order valence-corrected chi connectivity index (χ4v) is 2.73. The van der Waals surface area contributed by atoms with Crippen LogP contribution < -0.4 is 0 Å². The van der Waals surface area contributed by atoms with Gasteiger partial charge in [-0.1, -0.05) is 19.9 Å². The zero-order valence-corrected chi connectivity index (χ0v) is 10.1. The summed E-state index contributed by atoms with van der Waals surface area (Å²) in [6.07, 6.45) is 1.20. The van der Waals surface area contributed by atoms with Gasteiger partial charge in [0, 0.05) is 6.54 Å². The molecule has 0 amide bonds. The molecule has 1 aromatic rings. The number of nitrogens with zero attached hydrogens (tertiary/aromatic N) is 1. The van der Waals surface area contributed by atoms with E-state index in [0.29, 0.717) is 12.0 Å². The van der Waals surface area contributed by atoms with Crippen LogP contribution in [0, 0.1) is 5.41 Å². The third kappa shape index (κ3) is 2.67. The second-order valence-electron chi connectivity index (χ2n) is 5.03. The van der Waals surface area contributed by atoms with Crippen LogP contribution in [0.25, 0.3) is 0 Å². The number of carbonyl (C=O) groups is 1. The molecule has 82 valence electrons. The van der Waals surface area contributed by atoms with Crippen LogP contribution in [0.4, 0.5) is 0 Å². The lowest BCUT2D eigenvalue weighted by atomic mass is 9.93. The SMILES string of the molecule is CC1(C)CCN(CC(=O)c2cccs2)C1. The van der Waals surface area contributed by atoms with Crippen LogP contribution in [0.15, 0.2) is 17.5 Å². The molecule has 0 atom stereocenters. The van der Waals surface area contributed by atoms with Crippen LogP contribution >= 0.6 is 11.3 Å². The maximum atomic E-state index is 11.8. The van der Waals surface area contributed by atoms with Crippen molar-refractivity contribution in [2.45, 2.75) is 20.3 Å². The van der Waals surface area contributed by atoms with Gasteiger partial charge in [-0.2, -0.15) is 0 Å². The monoisotopic (exact) mass is 223 g/mol. The van der Waals surface area contributed by atoms with Crippen molar-refractivity contribution in [3.63, 3.8) is 0 Å². The summed E-state index contributed by atoms with van der Waals surface area (Å²) in [7, 11) is 0. The predicted octanol–water partition coefficient (Wildman–Crippen LogP) is 2.66. The fourth-order valence-electron chi connectivity index (χ4n) is 2.08. The number of hydrogen-bond donors (Lipinski definition) is 0. The van der Waals surface area contributed by atoms with Gasteiger partial charge in [0.25, 0.3) is 0 Å². The van der Waals surface area contributed by atoms with Gasteiger partial charge in [-0.25, -0.2) is 0 Å². The average Bonchev–Trinajstić information content (AvgIpc) is 2.74. The maximum absolute atomic E-state index is 11.8. The second-order valence-corrected chi connectivity index (χ2v) is 5.97. The van der Waals surface area contributed by atoms with E-state index in [0.717, 1.165) is 18.0 Å². The van der Waals surface area contributed by atoms with Crippen molar-refractivity contribution in [2.24, 2.45) is 5.41 Å². The van der Waals surface area contributed by atoms with Crippen molar-refractivity contribution in [2.75, 3.05) is 19.6 Å². The summed E-state index contributed by atoms with van der Waals surface area (Å²) in [6, 6.07) is 3.85. The smallest absolute Gasteiger partial charge is 0.186 e. The van der Waals surface area contributed by atoms with Crippen LogP contribution in [0.1, 0.15) is 29.9 Å². The van der Waals surface area contributed by atoms with Crippen molar-refractivity contribution in [3.05, 3.63) is 22.4 Å². The Bertz CT molecular complexity index is 343. The third-order valence-electron chi connectivity index (χ3n) is 2.92. The van der Waals surface area contributed by atoms with Gasteiger partial charge in [0.2, 0.25) is 0 Å². The second kappa shape index (κ2) is 4.06. The fraction of sp³-hybridized carbons (Fsp3) is 0.583. The average molecular weight is 223 g/mol. The molecule has 1 aromatic heterocycles. The molecule has 2 heterocycles. The molecule has 0 N–H and O–H groups in total. The Morgan fingerprint density at radius 2 is 2.40 bits per heavy atom. The zero-order chi connectivity index (χ0) is 10.9. The molecule has 0 aliphatic carbocycles. The summed E-state index contributed by atoms with van der Waals surface area (Å²) in [6.45, 7) is 7.23. The minimum absolute atomic E-state index is 0.266. The molecule has 1 aliphatic rings. The van der Waals surface area contributed by atoms with Crippen molar-refractivity contribution in [3.8, 4) is 0 Å². The van der Waals surface area contributed by atoms with Gasteiger partial charge in [-0.3, -0.25) is 9.69 Å². The van der Waals surface area contributed by atoms with Crippen LogP contribution in [0.3, 0.4) is 0 Å². The van der Waals surface area contributed by atoms with Crippen LogP contribution in [-0.4, -0.2) is 30.3 Å². The van der Waals surface area contributed by atoms with E-state index < -0.39 is 0 Å². The van der Waals surface area contributed by atoms with Gasteiger partial charge in [0.1, 0.15) is 0 Å². The number of carbonyl (C=O) groups excluding carboxylic acids is 1. The standard InChI is InChI=1S/C12H17NOS/c1-12(2)5-6-13(9-12)8-10(14)11-4-3-7-15-11/h3-4,7H,5-6,8-9H2,1-2H3. The van der Waals surface area contributed by atoms with Gasteiger partial charge < -0.3 is 0 Å². The normalized spacial score (nSPS) is 20.7. The lowest BCUT2D eigenvalue weighted by molar-refractivity contribution is 0.0944. The van der Waals surface area contributed by atoms with Gasteiger partial charge in [0.15, 0.2) is 5.78 Å². The summed E-state index contributed by atoms with van der Waals surface area (Å²) in [5.41, 5.74) is 0.385. The first-order valence-electron chi connectivity index (χ1n) is 5.36. The highest BCUT2D eigenvalue weighted by Crippen LogP contribution is 2.28. The number of thiophene rings is 1. The molecule has 0 saturated carbocycles. The number of Topliss-reactive ketones (excluding diaryl/α,β-unsaturated/α-hetero) is 1. The maximum Gasteiger partial charge on any atom is 0.186 e. The first-order valence-corrected chi connectivity index (χ1v) is 6.24. The molecule has 0 radical (unpaired) electrons. The molecular formula is C12H17NOS. The van der Waals surface area contributed by atoms with Gasteiger partial charge in [0.05, 0.1) is 11.4 Å². The molecule has 15 heavy (non-hydrogen) atoms. The molecule has 1 saturated heterocycles. The van der Waals surface area contributed by atoms with E-state index in [2.05, 4.69) is 18.7 Å². The van der Waals surface area contributed by atoms with Gasteiger partial charge in [-0.15, -0.1) is 11.3 Å². The molecule has 0 bridgehead atoms. The molecule has 3 heteroatoms. The van der Waals surface area contributed by atoms with Crippen molar-refractivity contribution < 1.29 is 4.79 Å². The molecule has 0 spiro atoms. The van der Waals surface area contributed by atoms with Gasteiger partial charge >= 0.3 is 0 Å². The van der Waals surface area contributed by atoms with Crippen LogP contribution in [0.5, 0.6) is 0 Å². The summed E-state index contributed by atoms with van der Waals surface area (Å²) < 4.78 is 0. The van der Waals surface area contributed by atoms with E-state index in [4.69, 9.17) is 0 Å².